The van der Waals surface area contributed by atoms with Gasteiger partial charge in [-0.3, -0.25) is 9.48 Å². The summed E-state index contributed by atoms with van der Waals surface area (Å²) in [7, 11) is 0. The molecule has 2 rings (SSSR count). The van der Waals surface area contributed by atoms with Crippen LogP contribution < -0.4 is 5.73 Å². The zero-order valence-corrected chi connectivity index (χ0v) is 11.0. The average molecular weight is 247 g/mol. The fourth-order valence-electron chi connectivity index (χ4n) is 2.18. The van der Waals surface area contributed by atoms with Gasteiger partial charge in [0.25, 0.3) is 0 Å². The van der Waals surface area contributed by atoms with E-state index < -0.39 is 0 Å². The Morgan fingerprint density at radius 3 is 3.00 bits per heavy atom. The molecule has 4 heteroatoms. The van der Waals surface area contributed by atoms with Crippen LogP contribution in [0.5, 0.6) is 0 Å². The van der Waals surface area contributed by atoms with Gasteiger partial charge in [-0.2, -0.15) is 5.10 Å². The number of nitrogens with two attached hydrogens (primary N) is 1. The van der Waals surface area contributed by atoms with E-state index >= 15 is 0 Å². The number of aromatic nitrogens is 2. The van der Waals surface area contributed by atoms with Crippen LogP contribution in [0.1, 0.15) is 38.4 Å². The standard InChI is InChI=1S/C14H21N3O/c1-3-10(2)17-7-6-13(16-17)9-14(18)11-4-5-12(15)8-11/h4-7,10-12H,3,8-9,15H2,1-2H3. The third-order valence-corrected chi connectivity index (χ3v) is 3.59. The molecule has 0 fully saturated rings. The van der Waals surface area contributed by atoms with Crippen molar-refractivity contribution in [3.8, 4) is 0 Å². The van der Waals surface area contributed by atoms with E-state index in [4.69, 9.17) is 5.73 Å². The molecule has 3 unspecified atom stereocenters. The minimum atomic E-state index is -0.0197. The van der Waals surface area contributed by atoms with Crippen LogP contribution in [0.25, 0.3) is 0 Å². The molecule has 0 radical (unpaired) electrons. The molecule has 0 amide bonds. The van der Waals surface area contributed by atoms with E-state index in [1.165, 1.54) is 0 Å². The molecule has 0 saturated carbocycles. The second-order valence-electron chi connectivity index (χ2n) is 5.08. The Morgan fingerprint density at radius 2 is 2.39 bits per heavy atom. The van der Waals surface area contributed by atoms with Crippen LogP contribution in [0.15, 0.2) is 24.4 Å². The lowest BCUT2D eigenvalue weighted by atomic mass is 9.99. The maximum Gasteiger partial charge on any atom is 0.145 e. The van der Waals surface area contributed by atoms with Crippen molar-refractivity contribution in [2.24, 2.45) is 11.7 Å². The second kappa shape index (κ2) is 5.48. The predicted octanol–water partition coefficient (Wildman–Crippen LogP) is 1.87. The van der Waals surface area contributed by atoms with Crippen molar-refractivity contribution in [1.82, 2.24) is 9.78 Å². The van der Waals surface area contributed by atoms with E-state index in [0.29, 0.717) is 12.5 Å². The number of carbonyl (C=O) groups is 1. The SMILES string of the molecule is CCC(C)n1ccc(CC(=O)C2C=CC(N)C2)n1. The minimum Gasteiger partial charge on any atom is -0.324 e. The molecule has 3 atom stereocenters. The summed E-state index contributed by atoms with van der Waals surface area (Å²) in [6.07, 6.45) is 7.98. The number of ketones is 1. The zero-order valence-electron chi connectivity index (χ0n) is 11.0. The van der Waals surface area contributed by atoms with E-state index in [1.807, 2.05) is 29.1 Å². The van der Waals surface area contributed by atoms with Crippen molar-refractivity contribution in [3.63, 3.8) is 0 Å². The summed E-state index contributed by atoms with van der Waals surface area (Å²) in [5, 5.41) is 4.45. The van der Waals surface area contributed by atoms with Crippen LogP contribution >= 0.6 is 0 Å². The van der Waals surface area contributed by atoms with Crippen LogP contribution in [0.4, 0.5) is 0 Å². The molecule has 1 aromatic rings. The first-order valence-corrected chi connectivity index (χ1v) is 6.60. The highest BCUT2D eigenvalue weighted by molar-refractivity contribution is 5.85. The van der Waals surface area contributed by atoms with Gasteiger partial charge < -0.3 is 5.73 Å². The first kappa shape index (κ1) is 13.0. The number of Topliss-reactive ketones (excluding diaryl/α,β-unsaturated/α-hetero) is 1. The molecule has 0 aliphatic heterocycles. The van der Waals surface area contributed by atoms with Gasteiger partial charge in [0.15, 0.2) is 0 Å². The molecule has 0 aromatic carbocycles. The van der Waals surface area contributed by atoms with Crippen molar-refractivity contribution in [3.05, 3.63) is 30.1 Å². The minimum absolute atomic E-state index is 0.0197. The predicted molar refractivity (Wildman–Crippen MR) is 71.2 cm³/mol. The summed E-state index contributed by atoms with van der Waals surface area (Å²) in [4.78, 5) is 12.1. The van der Waals surface area contributed by atoms with Gasteiger partial charge in [0.05, 0.1) is 12.1 Å². The van der Waals surface area contributed by atoms with Crippen molar-refractivity contribution >= 4 is 5.78 Å². The fraction of sp³-hybridized carbons (Fsp3) is 0.571. The highest BCUT2D eigenvalue weighted by atomic mass is 16.1. The highest BCUT2D eigenvalue weighted by Gasteiger charge is 2.23. The lowest BCUT2D eigenvalue weighted by molar-refractivity contribution is -0.120. The molecule has 0 bridgehead atoms. The Balaban J connectivity index is 1.95. The molecule has 18 heavy (non-hydrogen) atoms. The van der Waals surface area contributed by atoms with E-state index in [2.05, 4.69) is 18.9 Å². The van der Waals surface area contributed by atoms with Crippen LogP contribution in [0, 0.1) is 5.92 Å². The maximum atomic E-state index is 12.1. The lowest BCUT2D eigenvalue weighted by Gasteiger charge is -2.09. The average Bonchev–Trinajstić information content (AvgIpc) is 2.97. The number of allylic oxidation sites excluding steroid dienone is 1. The Bertz CT molecular complexity index is 450. The normalized spacial score (nSPS) is 24.4. The molecule has 1 aromatic heterocycles. The Labute approximate surface area is 108 Å². The molecule has 1 heterocycles. The smallest absolute Gasteiger partial charge is 0.145 e. The van der Waals surface area contributed by atoms with Gasteiger partial charge >= 0.3 is 0 Å². The van der Waals surface area contributed by atoms with Crippen LogP contribution in [-0.4, -0.2) is 21.6 Å². The Morgan fingerprint density at radius 1 is 1.61 bits per heavy atom. The number of hydrogen-bond donors (Lipinski definition) is 1. The molecule has 0 saturated heterocycles. The highest BCUT2D eigenvalue weighted by Crippen LogP contribution is 2.19. The fourth-order valence-corrected chi connectivity index (χ4v) is 2.18. The van der Waals surface area contributed by atoms with Crippen LogP contribution in [0.3, 0.4) is 0 Å². The number of rotatable bonds is 5. The van der Waals surface area contributed by atoms with Crippen molar-refractivity contribution < 1.29 is 4.79 Å². The lowest BCUT2D eigenvalue weighted by Crippen LogP contribution is -2.20. The van der Waals surface area contributed by atoms with E-state index in [-0.39, 0.29) is 17.7 Å². The third-order valence-electron chi connectivity index (χ3n) is 3.59. The largest absolute Gasteiger partial charge is 0.324 e. The van der Waals surface area contributed by atoms with E-state index in [0.717, 1.165) is 18.5 Å². The topological polar surface area (TPSA) is 60.9 Å². The van der Waals surface area contributed by atoms with Crippen LogP contribution in [0.2, 0.25) is 0 Å². The quantitative estimate of drug-likeness (QED) is 0.808. The number of carbonyl (C=O) groups excluding carboxylic acids is 1. The van der Waals surface area contributed by atoms with Gasteiger partial charge in [-0.25, -0.2) is 0 Å². The third kappa shape index (κ3) is 2.88. The molecule has 0 spiro atoms. The monoisotopic (exact) mass is 247 g/mol. The zero-order chi connectivity index (χ0) is 13.1. The Hall–Kier alpha value is -1.42. The second-order valence-corrected chi connectivity index (χ2v) is 5.08. The number of nitrogens with zero attached hydrogens (tertiary/aromatic N) is 2. The number of hydrogen-bond acceptors (Lipinski definition) is 3. The molecule has 1 aliphatic carbocycles. The maximum absolute atomic E-state index is 12.1. The van der Waals surface area contributed by atoms with E-state index in [1.54, 1.807) is 0 Å². The van der Waals surface area contributed by atoms with Gasteiger partial charge in [0.1, 0.15) is 5.78 Å². The van der Waals surface area contributed by atoms with Gasteiger partial charge in [0.2, 0.25) is 0 Å². The van der Waals surface area contributed by atoms with Gasteiger partial charge in [-0.05, 0) is 25.8 Å². The molecule has 2 N–H and O–H groups in total. The molecular weight excluding hydrogens is 226 g/mol. The summed E-state index contributed by atoms with van der Waals surface area (Å²) in [5.74, 6) is 0.197. The first-order chi connectivity index (χ1) is 8.60. The summed E-state index contributed by atoms with van der Waals surface area (Å²) in [6.45, 7) is 4.25. The summed E-state index contributed by atoms with van der Waals surface area (Å²) in [5.41, 5.74) is 6.62. The van der Waals surface area contributed by atoms with Crippen molar-refractivity contribution in [2.75, 3.05) is 0 Å². The van der Waals surface area contributed by atoms with Crippen molar-refractivity contribution in [2.45, 2.75) is 45.2 Å². The molecule has 98 valence electrons. The molecule has 1 aliphatic rings. The molecular formula is C14H21N3O. The Kier molecular flexibility index (Phi) is 3.97. The first-order valence-electron chi connectivity index (χ1n) is 6.60. The summed E-state index contributed by atoms with van der Waals surface area (Å²) in [6, 6.07) is 2.35. The van der Waals surface area contributed by atoms with Gasteiger partial charge in [0, 0.05) is 24.2 Å². The van der Waals surface area contributed by atoms with E-state index in [9.17, 15) is 4.79 Å². The summed E-state index contributed by atoms with van der Waals surface area (Å²) < 4.78 is 1.93. The van der Waals surface area contributed by atoms with Crippen molar-refractivity contribution in [1.29, 1.82) is 0 Å². The molecule has 4 nitrogen and oxygen atoms in total. The van der Waals surface area contributed by atoms with Gasteiger partial charge in [-0.15, -0.1) is 0 Å². The van der Waals surface area contributed by atoms with Crippen LogP contribution in [-0.2, 0) is 11.2 Å². The van der Waals surface area contributed by atoms with Gasteiger partial charge in [-0.1, -0.05) is 19.1 Å². The summed E-state index contributed by atoms with van der Waals surface area (Å²) >= 11 is 0.